The van der Waals surface area contributed by atoms with Crippen LogP contribution in [0.15, 0.2) is 18.2 Å². The minimum atomic E-state index is -1.05. The minimum Gasteiger partial charge on any atom is -0.478 e. The summed E-state index contributed by atoms with van der Waals surface area (Å²) in [7, 11) is 3.30. The van der Waals surface area contributed by atoms with E-state index in [4.69, 9.17) is 15.6 Å². The first-order chi connectivity index (χ1) is 8.45. The number of likely N-dealkylation sites (N-methyl/N-ethyl adjacent to an activating group) is 1. The van der Waals surface area contributed by atoms with E-state index in [9.17, 15) is 9.90 Å². The lowest BCUT2D eigenvalue weighted by Crippen LogP contribution is -2.31. The highest BCUT2D eigenvalue weighted by molar-refractivity contribution is 5.94. The van der Waals surface area contributed by atoms with Gasteiger partial charge in [-0.05, 0) is 18.2 Å². The van der Waals surface area contributed by atoms with E-state index in [0.717, 1.165) is 5.69 Å². The molecule has 0 aromatic heterocycles. The number of aromatic carboxylic acids is 1. The van der Waals surface area contributed by atoms with E-state index in [1.807, 2.05) is 0 Å². The van der Waals surface area contributed by atoms with Gasteiger partial charge in [0.1, 0.15) is 0 Å². The molecule has 100 valence electrons. The Morgan fingerprint density at radius 2 is 2.22 bits per heavy atom. The van der Waals surface area contributed by atoms with Crippen molar-refractivity contribution in [3.63, 3.8) is 0 Å². The highest BCUT2D eigenvalue weighted by Gasteiger charge is 2.12. The lowest BCUT2D eigenvalue weighted by atomic mass is 10.1. The molecule has 1 rings (SSSR count). The SMILES string of the molecule is COCC(O)CN(C)c1ccc(C(=O)O)c(N)c1. The van der Waals surface area contributed by atoms with Crippen molar-refractivity contribution in [2.45, 2.75) is 6.10 Å². The molecule has 1 aromatic carbocycles. The molecule has 0 aliphatic heterocycles. The van der Waals surface area contributed by atoms with E-state index in [0.29, 0.717) is 6.54 Å². The Morgan fingerprint density at radius 1 is 1.56 bits per heavy atom. The van der Waals surface area contributed by atoms with Crippen molar-refractivity contribution in [1.29, 1.82) is 0 Å². The highest BCUT2D eigenvalue weighted by atomic mass is 16.5. The van der Waals surface area contributed by atoms with Gasteiger partial charge in [0.15, 0.2) is 0 Å². The summed E-state index contributed by atoms with van der Waals surface area (Å²) in [6.45, 7) is 0.618. The fourth-order valence-corrected chi connectivity index (χ4v) is 1.65. The van der Waals surface area contributed by atoms with Crippen LogP contribution in [-0.2, 0) is 4.74 Å². The normalized spacial score (nSPS) is 12.2. The molecule has 1 atom stereocenters. The maximum Gasteiger partial charge on any atom is 0.337 e. The number of aliphatic hydroxyl groups excluding tert-OH is 1. The first kappa shape index (κ1) is 14.3. The molecule has 6 nitrogen and oxygen atoms in total. The van der Waals surface area contributed by atoms with Crippen molar-refractivity contribution in [1.82, 2.24) is 0 Å². The van der Waals surface area contributed by atoms with E-state index >= 15 is 0 Å². The second kappa shape index (κ2) is 6.23. The number of benzene rings is 1. The van der Waals surface area contributed by atoms with Gasteiger partial charge >= 0.3 is 5.97 Å². The first-order valence-electron chi connectivity index (χ1n) is 5.46. The van der Waals surface area contributed by atoms with Gasteiger partial charge in [-0.3, -0.25) is 0 Å². The summed E-state index contributed by atoms with van der Waals surface area (Å²) in [6.07, 6.45) is -0.611. The van der Waals surface area contributed by atoms with E-state index in [1.54, 1.807) is 24.1 Å². The molecule has 0 bridgehead atoms. The maximum atomic E-state index is 10.8. The van der Waals surface area contributed by atoms with E-state index in [-0.39, 0.29) is 17.9 Å². The zero-order valence-corrected chi connectivity index (χ0v) is 10.5. The molecule has 0 saturated carbocycles. The topological polar surface area (TPSA) is 96.0 Å². The largest absolute Gasteiger partial charge is 0.478 e. The second-order valence-electron chi connectivity index (χ2n) is 4.07. The molecular formula is C12H18N2O4. The zero-order valence-electron chi connectivity index (χ0n) is 10.5. The molecule has 0 radical (unpaired) electrons. The molecule has 4 N–H and O–H groups in total. The Bertz CT molecular complexity index is 423. The number of aliphatic hydroxyl groups is 1. The van der Waals surface area contributed by atoms with Crippen LogP contribution in [0.3, 0.4) is 0 Å². The molecular weight excluding hydrogens is 236 g/mol. The fraction of sp³-hybridized carbons (Fsp3) is 0.417. The van der Waals surface area contributed by atoms with Crippen molar-refractivity contribution in [2.75, 3.05) is 37.9 Å². The molecule has 0 amide bonds. The van der Waals surface area contributed by atoms with Crippen LogP contribution in [0.1, 0.15) is 10.4 Å². The number of nitrogens with zero attached hydrogens (tertiary/aromatic N) is 1. The van der Waals surface area contributed by atoms with Crippen LogP contribution in [0.5, 0.6) is 0 Å². The van der Waals surface area contributed by atoms with Gasteiger partial charge in [0.25, 0.3) is 0 Å². The van der Waals surface area contributed by atoms with Crippen LogP contribution in [0.2, 0.25) is 0 Å². The molecule has 0 aliphatic rings. The number of carboxylic acids is 1. The average molecular weight is 254 g/mol. The van der Waals surface area contributed by atoms with Crippen LogP contribution in [0.25, 0.3) is 0 Å². The van der Waals surface area contributed by atoms with E-state index in [1.165, 1.54) is 13.2 Å². The summed E-state index contributed by atoms with van der Waals surface area (Å²) in [5.41, 5.74) is 6.67. The predicted molar refractivity (Wildman–Crippen MR) is 69.0 cm³/mol. The van der Waals surface area contributed by atoms with Gasteiger partial charge < -0.3 is 25.6 Å². The second-order valence-corrected chi connectivity index (χ2v) is 4.07. The summed E-state index contributed by atoms with van der Waals surface area (Å²) in [4.78, 5) is 12.6. The minimum absolute atomic E-state index is 0.0737. The summed E-state index contributed by atoms with van der Waals surface area (Å²) in [5, 5.41) is 18.5. The monoisotopic (exact) mass is 254 g/mol. The number of rotatable bonds is 6. The molecule has 0 aliphatic carbocycles. The fourth-order valence-electron chi connectivity index (χ4n) is 1.65. The third-order valence-corrected chi connectivity index (χ3v) is 2.55. The third kappa shape index (κ3) is 3.61. The number of nitrogens with two attached hydrogens (primary N) is 1. The van der Waals surface area contributed by atoms with Crippen molar-refractivity contribution in [3.05, 3.63) is 23.8 Å². The van der Waals surface area contributed by atoms with Crippen molar-refractivity contribution in [2.24, 2.45) is 0 Å². The quantitative estimate of drug-likeness (QED) is 0.636. The number of anilines is 2. The van der Waals surface area contributed by atoms with E-state index in [2.05, 4.69) is 0 Å². The summed E-state index contributed by atoms with van der Waals surface area (Å²) in [5.74, 6) is -1.05. The molecule has 0 saturated heterocycles. The van der Waals surface area contributed by atoms with Crippen molar-refractivity contribution < 1.29 is 19.7 Å². The molecule has 1 aromatic rings. The molecule has 1 unspecified atom stereocenters. The lowest BCUT2D eigenvalue weighted by molar-refractivity contribution is 0.0691. The summed E-state index contributed by atoms with van der Waals surface area (Å²) in [6, 6.07) is 4.68. The Balaban J connectivity index is 2.78. The molecule has 0 fully saturated rings. The van der Waals surface area contributed by atoms with Gasteiger partial charge in [-0.15, -0.1) is 0 Å². The Labute approximate surface area is 106 Å². The zero-order chi connectivity index (χ0) is 13.7. The van der Waals surface area contributed by atoms with Gasteiger partial charge in [0.2, 0.25) is 0 Å². The molecule has 6 heteroatoms. The van der Waals surface area contributed by atoms with Crippen LogP contribution >= 0.6 is 0 Å². The molecule has 0 spiro atoms. The van der Waals surface area contributed by atoms with Crippen molar-refractivity contribution >= 4 is 17.3 Å². The number of ether oxygens (including phenoxy) is 1. The average Bonchev–Trinajstić information content (AvgIpc) is 2.28. The lowest BCUT2D eigenvalue weighted by Gasteiger charge is -2.23. The van der Waals surface area contributed by atoms with Crippen molar-refractivity contribution in [3.8, 4) is 0 Å². The Kier molecular flexibility index (Phi) is 4.94. The molecule has 18 heavy (non-hydrogen) atoms. The van der Waals surface area contributed by atoms with Gasteiger partial charge in [-0.2, -0.15) is 0 Å². The number of carbonyl (C=O) groups is 1. The number of hydrogen-bond acceptors (Lipinski definition) is 5. The third-order valence-electron chi connectivity index (χ3n) is 2.55. The summed E-state index contributed by atoms with van der Waals surface area (Å²) < 4.78 is 4.84. The van der Waals surface area contributed by atoms with Crippen LogP contribution in [0, 0.1) is 0 Å². The Morgan fingerprint density at radius 3 is 2.72 bits per heavy atom. The molecule has 0 heterocycles. The standard InChI is InChI=1S/C12H18N2O4/c1-14(6-9(15)7-18-2)8-3-4-10(12(16)17)11(13)5-8/h3-5,9,15H,6-7,13H2,1-2H3,(H,16,17). The van der Waals surface area contributed by atoms with Crippen LogP contribution in [0.4, 0.5) is 11.4 Å². The van der Waals surface area contributed by atoms with Gasteiger partial charge in [-0.1, -0.05) is 0 Å². The number of carboxylic acid groups (broad SMARTS) is 1. The summed E-state index contributed by atoms with van der Waals surface area (Å²) >= 11 is 0. The van der Waals surface area contributed by atoms with Crippen LogP contribution < -0.4 is 10.6 Å². The van der Waals surface area contributed by atoms with E-state index < -0.39 is 12.1 Å². The smallest absolute Gasteiger partial charge is 0.337 e. The van der Waals surface area contributed by atoms with Crippen LogP contribution in [-0.4, -0.2) is 49.6 Å². The van der Waals surface area contributed by atoms with Gasteiger partial charge in [0, 0.05) is 32.1 Å². The Hall–Kier alpha value is -1.79. The van der Waals surface area contributed by atoms with Gasteiger partial charge in [0.05, 0.1) is 18.3 Å². The number of hydrogen-bond donors (Lipinski definition) is 3. The number of nitrogen functional groups attached to an aromatic ring is 1. The van der Waals surface area contributed by atoms with Gasteiger partial charge in [-0.25, -0.2) is 4.79 Å². The maximum absolute atomic E-state index is 10.8. The first-order valence-corrected chi connectivity index (χ1v) is 5.46. The highest BCUT2D eigenvalue weighted by Crippen LogP contribution is 2.20. The number of methoxy groups -OCH3 is 1. The predicted octanol–water partition coefficient (Wildman–Crippen LogP) is 0.410.